The van der Waals surface area contributed by atoms with E-state index in [1.54, 1.807) is 13.1 Å². The zero-order valence-electron chi connectivity index (χ0n) is 17.7. The van der Waals surface area contributed by atoms with Crippen molar-refractivity contribution in [3.05, 3.63) is 70.4 Å². The summed E-state index contributed by atoms with van der Waals surface area (Å²) < 4.78 is 36.2. The van der Waals surface area contributed by atoms with Gasteiger partial charge in [0.05, 0.1) is 17.9 Å². The van der Waals surface area contributed by atoms with Crippen molar-refractivity contribution < 1.29 is 13.5 Å². The van der Waals surface area contributed by atoms with Crippen molar-refractivity contribution in [3.63, 3.8) is 0 Å². The molecule has 0 bridgehead atoms. The molecule has 2 unspecified atom stereocenters. The smallest absolute Gasteiger partial charge is 0.351 e. The molecule has 10 heteroatoms. The van der Waals surface area contributed by atoms with Crippen LogP contribution in [0.15, 0.2) is 58.6 Å². The number of rotatable bonds is 5. The number of benzene rings is 1. The van der Waals surface area contributed by atoms with Crippen molar-refractivity contribution in [3.8, 4) is 0 Å². The van der Waals surface area contributed by atoms with E-state index in [1.165, 1.54) is 24.0 Å². The SMILES string of the molecule is CN=C(/C=C\N)C1c2ccccc2CCN1CC1CC(F)(F)[C@H](n2ccc(N)nc2=O)O1. The van der Waals surface area contributed by atoms with Crippen LogP contribution >= 0.6 is 0 Å². The molecule has 32 heavy (non-hydrogen) atoms. The van der Waals surface area contributed by atoms with Crippen LogP contribution in [0.25, 0.3) is 0 Å². The first-order chi connectivity index (χ1) is 15.3. The Morgan fingerprint density at radius 1 is 1.38 bits per heavy atom. The molecule has 1 saturated heterocycles. The summed E-state index contributed by atoms with van der Waals surface area (Å²) in [7, 11) is 1.68. The summed E-state index contributed by atoms with van der Waals surface area (Å²) in [5.41, 5.74) is 13.2. The van der Waals surface area contributed by atoms with E-state index in [0.717, 1.165) is 22.3 Å². The number of fused-ring (bicyclic) bond motifs is 1. The number of aliphatic imine (C=N–C) groups is 1. The highest BCUT2D eigenvalue weighted by atomic mass is 19.3. The second kappa shape index (κ2) is 8.79. The van der Waals surface area contributed by atoms with Gasteiger partial charge in [0, 0.05) is 32.8 Å². The van der Waals surface area contributed by atoms with Gasteiger partial charge in [-0.25, -0.2) is 13.6 Å². The van der Waals surface area contributed by atoms with Crippen molar-refractivity contribution in [1.82, 2.24) is 14.5 Å². The van der Waals surface area contributed by atoms with Crippen molar-refractivity contribution in [2.45, 2.75) is 37.1 Å². The number of hydrogen-bond donors (Lipinski definition) is 2. The van der Waals surface area contributed by atoms with Crippen molar-refractivity contribution in [2.75, 3.05) is 25.9 Å². The summed E-state index contributed by atoms with van der Waals surface area (Å²) in [4.78, 5) is 22.1. The molecule has 2 aromatic rings. The van der Waals surface area contributed by atoms with Gasteiger partial charge in [-0.05, 0) is 35.9 Å². The van der Waals surface area contributed by atoms with E-state index in [4.69, 9.17) is 16.2 Å². The maximum atomic E-state index is 14.8. The molecule has 1 aromatic heterocycles. The lowest BCUT2D eigenvalue weighted by molar-refractivity contribution is -0.119. The van der Waals surface area contributed by atoms with Crippen LogP contribution in [-0.4, -0.2) is 52.3 Å². The Labute approximate surface area is 184 Å². The molecule has 3 heterocycles. The predicted molar refractivity (Wildman–Crippen MR) is 118 cm³/mol. The molecule has 8 nitrogen and oxygen atoms in total. The molecule has 2 aliphatic rings. The number of nitrogens with two attached hydrogens (primary N) is 2. The van der Waals surface area contributed by atoms with Crippen LogP contribution in [0.2, 0.25) is 0 Å². The van der Waals surface area contributed by atoms with Crippen LogP contribution in [-0.2, 0) is 11.2 Å². The summed E-state index contributed by atoms with van der Waals surface area (Å²) in [6.45, 7) is 0.901. The molecule has 0 radical (unpaired) electrons. The number of nitrogen functional groups attached to an aromatic ring is 1. The van der Waals surface area contributed by atoms with Crippen LogP contribution in [0.5, 0.6) is 0 Å². The summed E-state index contributed by atoms with van der Waals surface area (Å²) >= 11 is 0. The second-order valence-corrected chi connectivity index (χ2v) is 7.97. The lowest BCUT2D eigenvalue weighted by Gasteiger charge is -2.38. The number of aromatic nitrogens is 2. The maximum absolute atomic E-state index is 14.8. The molecule has 0 spiro atoms. The van der Waals surface area contributed by atoms with Gasteiger partial charge in [0.15, 0.2) is 0 Å². The van der Waals surface area contributed by atoms with Gasteiger partial charge >= 0.3 is 5.69 Å². The zero-order valence-corrected chi connectivity index (χ0v) is 17.7. The van der Waals surface area contributed by atoms with E-state index in [-0.39, 0.29) is 18.4 Å². The Hall–Kier alpha value is -3.11. The zero-order chi connectivity index (χ0) is 22.9. The molecule has 0 aliphatic carbocycles. The van der Waals surface area contributed by atoms with Crippen molar-refractivity contribution in [2.24, 2.45) is 10.7 Å². The first kappa shape index (κ1) is 22.1. The standard InChI is InChI=1S/C22H26F2N6O2/c1-27-17(6-9-25)19-16-5-3-2-4-14(16)7-10-29(19)13-15-12-22(23,24)20(32-15)30-11-8-18(26)28-21(30)31/h2-6,8-9,11,15,19-20H,7,10,12-13,25H2,1H3,(H2,26,28,31)/b9-6-,27-17?/t15?,19?,20-/m1/s1. The summed E-state index contributed by atoms with van der Waals surface area (Å²) in [5, 5.41) is 0. The Kier molecular flexibility index (Phi) is 6.07. The van der Waals surface area contributed by atoms with Gasteiger partial charge in [-0.15, -0.1) is 0 Å². The number of ether oxygens (including phenoxy) is 1. The summed E-state index contributed by atoms with van der Waals surface area (Å²) in [6, 6.07) is 9.09. The molecule has 1 aromatic carbocycles. The van der Waals surface area contributed by atoms with Crippen molar-refractivity contribution >= 4 is 11.5 Å². The first-order valence-corrected chi connectivity index (χ1v) is 10.4. The number of hydrogen-bond acceptors (Lipinski definition) is 7. The molecule has 1 fully saturated rings. The summed E-state index contributed by atoms with van der Waals surface area (Å²) in [6.07, 6.45) is 2.11. The summed E-state index contributed by atoms with van der Waals surface area (Å²) in [5.74, 6) is -3.26. The molecular formula is C22H26F2N6O2. The fourth-order valence-electron chi connectivity index (χ4n) is 4.52. The molecular weight excluding hydrogens is 418 g/mol. The normalized spacial score (nSPS) is 25.8. The molecule has 4 N–H and O–H groups in total. The van der Waals surface area contributed by atoms with Crippen LogP contribution in [0.4, 0.5) is 14.6 Å². The van der Waals surface area contributed by atoms with Gasteiger partial charge < -0.3 is 16.2 Å². The van der Waals surface area contributed by atoms with Crippen LogP contribution in [0.3, 0.4) is 0 Å². The largest absolute Gasteiger partial charge is 0.405 e. The van der Waals surface area contributed by atoms with Crippen LogP contribution in [0.1, 0.15) is 29.8 Å². The fraction of sp³-hybridized carbons (Fsp3) is 0.409. The Bertz CT molecular complexity index is 1100. The van der Waals surface area contributed by atoms with E-state index in [0.29, 0.717) is 6.54 Å². The van der Waals surface area contributed by atoms with Gasteiger partial charge in [0.1, 0.15) is 5.82 Å². The minimum absolute atomic E-state index is 0.0294. The number of halogens is 2. The van der Waals surface area contributed by atoms with E-state index in [9.17, 15) is 13.6 Å². The molecule has 3 atom stereocenters. The van der Waals surface area contributed by atoms with Crippen molar-refractivity contribution in [1.29, 1.82) is 0 Å². The number of anilines is 1. The fourth-order valence-corrected chi connectivity index (χ4v) is 4.52. The van der Waals surface area contributed by atoms with E-state index in [1.807, 2.05) is 18.2 Å². The maximum Gasteiger partial charge on any atom is 0.351 e. The quantitative estimate of drug-likeness (QED) is 0.682. The van der Waals surface area contributed by atoms with Gasteiger partial charge in [0.25, 0.3) is 5.92 Å². The van der Waals surface area contributed by atoms with Crippen LogP contribution in [0, 0.1) is 0 Å². The topological polar surface area (TPSA) is 112 Å². The Morgan fingerprint density at radius 3 is 2.88 bits per heavy atom. The molecule has 2 aliphatic heterocycles. The van der Waals surface area contributed by atoms with Gasteiger partial charge in [-0.1, -0.05) is 24.3 Å². The Morgan fingerprint density at radius 2 is 2.16 bits per heavy atom. The van der Waals surface area contributed by atoms with Gasteiger partial charge in [0.2, 0.25) is 6.23 Å². The molecule has 170 valence electrons. The highest BCUT2D eigenvalue weighted by molar-refractivity contribution is 6.00. The highest BCUT2D eigenvalue weighted by Crippen LogP contribution is 2.43. The van der Waals surface area contributed by atoms with E-state index >= 15 is 0 Å². The van der Waals surface area contributed by atoms with Gasteiger partial charge in [-0.2, -0.15) is 4.98 Å². The van der Waals surface area contributed by atoms with E-state index in [2.05, 4.69) is 20.9 Å². The average molecular weight is 444 g/mol. The average Bonchev–Trinajstić information content (AvgIpc) is 3.05. The molecule has 0 saturated carbocycles. The third kappa shape index (κ3) is 4.15. The Balaban J connectivity index is 1.61. The highest BCUT2D eigenvalue weighted by Gasteiger charge is 2.52. The number of nitrogens with zero attached hydrogens (tertiary/aromatic N) is 4. The minimum atomic E-state index is -3.23. The lowest BCUT2D eigenvalue weighted by atomic mass is 9.89. The first-order valence-electron chi connectivity index (χ1n) is 10.4. The third-order valence-electron chi connectivity index (χ3n) is 5.91. The lowest BCUT2D eigenvalue weighted by Crippen LogP contribution is -2.43. The third-order valence-corrected chi connectivity index (χ3v) is 5.91. The molecule has 4 rings (SSSR count). The minimum Gasteiger partial charge on any atom is -0.405 e. The number of alkyl halides is 2. The predicted octanol–water partition coefficient (Wildman–Crippen LogP) is 1.89. The van der Waals surface area contributed by atoms with E-state index < -0.39 is 30.4 Å². The monoisotopic (exact) mass is 444 g/mol. The second-order valence-electron chi connectivity index (χ2n) is 7.97. The van der Waals surface area contributed by atoms with Gasteiger partial charge in [-0.3, -0.25) is 14.5 Å². The molecule has 0 amide bonds. The van der Waals surface area contributed by atoms with Crippen LogP contribution < -0.4 is 17.2 Å².